The first kappa shape index (κ1) is 34.6. The summed E-state index contributed by atoms with van der Waals surface area (Å²) in [6, 6.07) is 22.7. The summed E-state index contributed by atoms with van der Waals surface area (Å²) in [5.41, 5.74) is 8.61. The van der Waals surface area contributed by atoms with Crippen molar-refractivity contribution in [3.8, 4) is 11.3 Å². The number of hydrogen-bond donors (Lipinski definition) is 1. The maximum atomic E-state index is 11.7. The van der Waals surface area contributed by atoms with Gasteiger partial charge < -0.3 is 9.52 Å². The Hall–Kier alpha value is -3.27. The van der Waals surface area contributed by atoms with Crippen LogP contribution in [-0.2, 0) is 30.3 Å². The number of aliphatic hydroxyl groups is 1. The number of nitrogens with zero attached hydrogens (tertiary/aromatic N) is 1. The average molecular weight is 781 g/mol. The Kier molecular flexibility index (Phi) is 10.8. The molecular formula is C40H46IrNO3-. The summed E-state index contributed by atoms with van der Waals surface area (Å²) < 4.78 is 6.45. The molecule has 1 aliphatic carbocycles. The second-order valence-electron chi connectivity index (χ2n) is 13.0. The molecule has 0 saturated heterocycles. The third kappa shape index (κ3) is 6.27. The van der Waals surface area contributed by atoms with E-state index < -0.39 is 0 Å². The van der Waals surface area contributed by atoms with Gasteiger partial charge in [-0.2, -0.15) is 0 Å². The summed E-state index contributed by atoms with van der Waals surface area (Å²) in [4.78, 5) is 16.8. The first-order valence-electron chi connectivity index (χ1n) is 16.3. The van der Waals surface area contributed by atoms with E-state index in [-0.39, 0.29) is 48.9 Å². The predicted molar refractivity (Wildman–Crippen MR) is 183 cm³/mol. The molecule has 0 fully saturated rings. The molecule has 0 spiro atoms. The fourth-order valence-electron chi connectivity index (χ4n) is 6.75. The molecule has 0 bridgehead atoms. The van der Waals surface area contributed by atoms with E-state index in [4.69, 9.17) is 9.40 Å². The quantitative estimate of drug-likeness (QED) is 0.0968. The van der Waals surface area contributed by atoms with Crippen LogP contribution in [0.15, 0.2) is 70.8 Å². The third-order valence-corrected chi connectivity index (χ3v) is 9.62. The van der Waals surface area contributed by atoms with Gasteiger partial charge in [-0.15, -0.1) is 17.7 Å². The fourth-order valence-corrected chi connectivity index (χ4v) is 6.75. The number of aliphatic hydroxyl groups excluding tert-OH is 1. The molecule has 0 unspecified atom stereocenters. The summed E-state index contributed by atoms with van der Waals surface area (Å²) in [6.07, 6.45) is 4.91. The Morgan fingerprint density at radius 1 is 0.933 bits per heavy atom. The van der Waals surface area contributed by atoms with Gasteiger partial charge in [0.25, 0.3) is 0 Å². The summed E-state index contributed by atoms with van der Waals surface area (Å²) in [6.45, 7) is 17.1. The van der Waals surface area contributed by atoms with Crippen LogP contribution in [0, 0.1) is 17.9 Å². The van der Waals surface area contributed by atoms with Gasteiger partial charge in [0.1, 0.15) is 5.58 Å². The second-order valence-corrected chi connectivity index (χ2v) is 13.0. The summed E-state index contributed by atoms with van der Waals surface area (Å²) in [5, 5.41) is 13.3. The molecule has 0 amide bonds. The molecule has 2 aromatic heterocycles. The summed E-state index contributed by atoms with van der Waals surface area (Å²) >= 11 is 0. The predicted octanol–water partition coefficient (Wildman–Crippen LogP) is 11.2. The van der Waals surface area contributed by atoms with Gasteiger partial charge in [-0.3, -0.25) is 9.78 Å². The van der Waals surface area contributed by atoms with Crippen LogP contribution in [0.2, 0.25) is 0 Å². The third-order valence-electron chi connectivity index (χ3n) is 9.62. The van der Waals surface area contributed by atoms with Crippen molar-refractivity contribution in [1.82, 2.24) is 4.98 Å². The van der Waals surface area contributed by atoms with Gasteiger partial charge in [0.2, 0.25) is 0 Å². The number of para-hydroxylation sites is 1. The Labute approximate surface area is 281 Å². The number of carbonyl (C=O) groups excluding carboxylic acids is 1. The molecule has 5 heteroatoms. The van der Waals surface area contributed by atoms with Crippen molar-refractivity contribution < 1.29 is 34.4 Å². The summed E-state index contributed by atoms with van der Waals surface area (Å²) in [5.74, 6) is 0.942. The van der Waals surface area contributed by atoms with E-state index in [0.29, 0.717) is 5.92 Å². The van der Waals surface area contributed by atoms with E-state index in [2.05, 4.69) is 70.2 Å². The van der Waals surface area contributed by atoms with Crippen LogP contribution in [-0.4, -0.2) is 15.9 Å². The number of rotatable bonds is 8. The molecule has 6 rings (SSSR count). The largest absolute Gasteiger partial charge is 0.512 e. The Morgan fingerprint density at radius 2 is 1.60 bits per heavy atom. The van der Waals surface area contributed by atoms with Crippen LogP contribution in [0.3, 0.4) is 0 Å². The first-order chi connectivity index (χ1) is 21.1. The van der Waals surface area contributed by atoms with Crippen molar-refractivity contribution in [3.05, 3.63) is 89.2 Å². The van der Waals surface area contributed by atoms with Crippen molar-refractivity contribution in [2.24, 2.45) is 11.8 Å². The van der Waals surface area contributed by atoms with E-state index in [9.17, 15) is 9.90 Å². The SMILES string of the molecule is CC(C)c1ccc2c3c1oc1cc[c-]c(c13)-c1nc3ccccc3cc1C2(C)C.CCC(CC)C(=O)/C=C(\O)C(CC)CC.[Ir]. The van der Waals surface area contributed by atoms with Gasteiger partial charge in [0, 0.05) is 43.4 Å². The van der Waals surface area contributed by atoms with E-state index >= 15 is 0 Å². The molecule has 45 heavy (non-hydrogen) atoms. The number of carbonyl (C=O) groups is 1. The zero-order valence-electron chi connectivity index (χ0n) is 27.9. The first-order valence-corrected chi connectivity index (χ1v) is 16.3. The Morgan fingerprint density at radius 3 is 2.24 bits per heavy atom. The van der Waals surface area contributed by atoms with Crippen molar-refractivity contribution in [2.75, 3.05) is 0 Å². The zero-order chi connectivity index (χ0) is 31.8. The number of benzene rings is 3. The maximum absolute atomic E-state index is 11.7. The fraction of sp³-hybridized carbons (Fsp3) is 0.400. The normalized spacial score (nSPS) is 13.7. The van der Waals surface area contributed by atoms with Crippen LogP contribution < -0.4 is 0 Å². The van der Waals surface area contributed by atoms with Crippen LogP contribution in [0.5, 0.6) is 0 Å². The standard InChI is InChI=1S/C27H22NO.C13H24O2.Ir/c1-15(2)17-12-13-19-24-23-18(9-7-11-22(23)29-26(17)24)25-20(27(19,3)4)14-16-8-5-6-10-21(16)28-25;1-5-10(6-2)12(14)9-13(15)11(7-3)8-4;/h5-8,10-15H,1-4H3;9-11,14H,5-8H2,1-4H3;/q-1;;/b;12-9-;. The maximum Gasteiger partial charge on any atom is 0.162 e. The van der Waals surface area contributed by atoms with Crippen LogP contribution in [0.4, 0.5) is 0 Å². The Balaban J connectivity index is 0.000000249. The topological polar surface area (TPSA) is 63.3 Å². The number of allylic oxidation sites excluding steroid dienone is 2. The molecule has 4 nitrogen and oxygen atoms in total. The molecule has 3 aromatic carbocycles. The summed E-state index contributed by atoms with van der Waals surface area (Å²) in [7, 11) is 0. The van der Waals surface area contributed by atoms with Gasteiger partial charge in [-0.05, 0) is 65.3 Å². The molecule has 0 saturated carbocycles. The molecule has 1 radical (unpaired) electrons. The molecule has 5 aromatic rings. The molecule has 1 N–H and O–H groups in total. The number of hydrogen-bond acceptors (Lipinski definition) is 4. The monoisotopic (exact) mass is 781 g/mol. The van der Waals surface area contributed by atoms with Crippen LogP contribution in [0.1, 0.15) is 104 Å². The van der Waals surface area contributed by atoms with Crippen LogP contribution >= 0.6 is 0 Å². The number of pyridine rings is 1. The van der Waals surface area contributed by atoms with E-state index in [1.54, 1.807) is 0 Å². The molecular weight excluding hydrogens is 735 g/mol. The number of aromatic nitrogens is 1. The average Bonchev–Trinajstić information content (AvgIpc) is 3.38. The zero-order valence-corrected chi connectivity index (χ0v) is 30.3. The van der Waals surface area contributed by atoms with Gasteiger partial charge in [0.05, 0.1) is 16.9 Å². The second kappa shape index (κ2) is 14.0. The molecule has 0 atom stereocenters. The minimum atomic E-state index is -0.205. The Bertz CT molecular complexity index is 1850. The minimum Gasteiger partial charge on any atom is -0.512 e. The van der Waals surface area contributed by atoms with Gasteiger partial charge in [-0.1, -0.05) is 109 Å². The van der Waals surface area contributed by atoms with Crippen molar-refractivity contribution in [1.29, 1.82) is 0 Å². The van der Waals surface area contributed by atoms with E-state index in [1.165, 1.54) is 33.5 Å². The van der Waals surface area contributed by atoms with Gasteiger partial charge in [0.15, 0.2) is 5.78 Å². The van der Waals surface area contributed by atoms with Crippen molar-refractivity contribution in [2.45, 2.75) is 92.4 Å². The molecule has 239 valence electrons. The number of ketones is 1. The van der Waals surface area contributed by atoms with E-state index in [0.717, 1.165) is 59.0 Å². The molecule has 2 heterocycles. The van der Waals surface area contributed by atoms with Crippen LogP contribution in [0.25, 0.3) is 44.1 Å². The van der Waals surface area contributed by atoms with Crippen molar-refractivity contribution in [3.63, 3.8) is 0 Å². The van der Waals surface area contributed by atoms with Gasteiger partial charge >= 0.3 is 0 Å². The number of fused-ring (bicyclic) bond motifs is 3. The smallest absolute Gasteiger partial charge is 0.162 e. The number of furan rings is 1. The molecule has 0 aliphatic heterocycles. The van der Waals surface area contributed by atoms with Gasteiger partial charge in [-0.25, -0.2) is 0 Å². The molecule has 1 aliphatic rings. The van der Waals surface area contributed by atoms with Crippen molar-refractivity contribution >= 4 is 38.6 Å². The van der Waals surface area contributed by atoms with E-state index in [1.807, 2.05) is 45.9 Å². The minimum absolute atomic E-state index is 0.